The van der Waals surface area contributed by atoms with Crippen LogP contribution in [0.3, 0.4) is 0 Å². The second kappa shape index (κ2) is 11.8. The van der Waals surface area contributed by atoms with Crippen molar-refractivity contribution in [3.05, 3.63) is 66.9 Å². The van der Waals surface area contributed by atoms with Gasteiger partial charge in [0.05, 0.1) is 24.7 Å². The third-order valence-corrected chi connectivity index (χ3v) is 6.59. The van der Waals surface area contributed by atoms with E-state index in [4.69, 9.17) is 14.5 Å². The highest BCUT2D eigenvalue weighted by molar-refractivity contribution is 5.72. The van der Waals surface area contributed by atoms with Crippen LogP contribution in [0.25, 0.3) is 0 Å². The van der Waals surface area contributed by atoms with Crippen molar-refractivity contribution in [3.63, 3.8) is 0 Å². The summed E-state index contributed by atoms with van der Waals surface area (Å²) < 4.78 is 40.2. The molecule has 0 unspecified atom stereocenters. The van der Waals surface area contributed by atoms with Gasteiger partial charge in [-0.3, -0.25) is 9.88 Å². The first-order valence-corrected chi connectivity index (χ1v) is 12.7. The van der Waals surface area contributed by atoms with E-state index in [1.165, 1.54) is 12.1 Å². The number of halogens is 2. The Kier molecular flexibility index (Phi) is 8.51. The predicted octanol–water partition coefficient (Wildman–Crippen LogP) is 5.54. The number of esters is 1. The lowest BCUT2D eigenvalue weighted by Crippen LogP contribution is -2.45. The number of ether oxygens (including phenoxy) is 2. The van der Waals surface area contributed by atoms with Gasteiger partial charge in [0.15, 0.2) is 5.82 Å². The van der Waals surface area contributed by atoms with Gasteiger partial charge in [-0.05, 0) is 50.6 Å². The van der Waals surface area contributed by atoms with E-state index in [0.717, 1.165) is 0 Å². The van der Waals surface area contributed by atoms with Gasteiger partial charge in [-0.1, -0.05) is 19.1 Å². The van der Waals surface area contributed by atoms with Crippen molar-refractivity contribution in [2.75, 3.05) is 36.1 Å². The predicted molar refractivity (Wildman–Crippen MR) is 141 cm³/mol. The third kappa shape index (κ3) is 7.00. The van der Waals surface area contributed by atoms with Gasteiger partial charge in [0.1, 0.15) is 35.3 Å². The largest absolute Gasteiger partial charge is 0.458 e. The van der Waals surface area contributed by atoms with Gasteiger partial charge in [-0.15, -0.1) is 0 Å². The minimum Gasteiger partial charge on any atom is -0.458 e. The molecule has 202 valence electrons. The van der Waals surface area contributed by atoms with Gasteiger partial charge >= 0.3 is 5.97 Å². The highest BCUT2D eigenvalue weighted by atomic mass is 19.1. The molecular weight excluding hydrogens is 492 g/mol. The Balaban J connectivity index is 1.42. The fraction of sp³-hybridized carbons (Fsp3) is 0.429. The Hall–Kier alpha value is -3.66. The molecule has 3 heterocycles. The van der Waals surface area contributed by atoms with Crippen molar-refractivity contribution >= 4 is 29.1 Å². The minimum absolute atomic E-state index is 0.179. The molecule has 0 bridgehead atoms. The molecule has 0 aliphatic carbocycles. The maximum absolute atomic E-state index is 15.4. The van der Waals surface area contributed by atoms with E-state index in [9.17, 15) is 9.18 Å². The van der Waals surface area contributed by atoms with Crippen LogP contribution in [0, 0.1) is 5.82 Å². The minimum atomic E-state index is -1.55. The van der Waals surface area contributed by atoms with Crippen molar-refractivity contribution in [2.24, 2.45) is 0 Å². The smallest absolute Gasteiger partial charge is 0.332 e. The summed E-state index contributed by atoms with van der Waals surface area (Å²) in [5.74, 6) is 0.714. The molecule has 1 aliphatic rings. The molecule has 1 saturated heterocycles. The monoisotopic (exact) mass is 525 g/mol. The molecule has 3 aromatic rings. The van der Waals surface area contributed by atoms with Crippen LogP contribution in [-0.2, 0) is 14.3 Å². The number of anilines is 4. The van der Waals surface area contributed by atoms with E-state index in [0.29, 0.717) is 42.7 Å². The fourth-order valence-corrected chi connectivity index (χ4v) is 4.10. The number of nitrogens with zero attached hydrogens (tertiary/aromatic N) is 5. The van der Waals surface area contributed by atoms with E-state index in [-0.39, 0.29) is 31.9 Å². The van der Waals surface area contributed by atoms with Crippen molar-refractivity contribution in [1.29, 1.82) is 0 Å². The molecular formula is C28H33F2N5O3. The number of pyridine rings is 1. The first kappa shape index (κ1) is 27.4. The molecule has 10 heteroatoms. The van der Waals surface area contributed by atoms with Crippen LogP contribution in [0.2, 0.25) is 0 Å². The van der Waals surface area contributed by atoms with Crippen LogP contribution < -0.4 is 9.80 Å². The summed E-state index contributed by atoms with van der Waals surface area (Å²) in [6.45, 7) is 5.91. The Morgan fingerprint density at radius 3 is 2.61 bits per heavy atom. The van der Waals surface area contributed by atoms with Gasteiger partial charge in [-0.2, -0.15) is 0 Å². The lowest BCUT2D eigenvalue weighted by Gasteiger charge is -2.37. The Morgan fingerprint density at radius 2 is 1.92 bits per heavy atom. The number of carbonyl (C=O) groups is 1. The lowest BCUT2D eigenvalue weighted by molar-refractivity contribution is -0.163. The van der Waals surface area contributed by atoms with Gasteiger partial charge in [0, 0.05) is 32.1 Å². The number of alkyl halides is 1. The number of carbonyl (C=O) groups excluding carboxylic acids is 1. The average molecular weight is 526 g/mol. The Labute approximate surface area is 221 Å². The maximum atomic E-state index is 15.4. The Morgan fingerprint density at radius 1 is 1.13 bits per heavy atom. The number of hydrogen-bond donors (Lipinski definition) is 0. The van der Waals surface area contributed by atoms with E-state index < -0.39 is 17.2 Å². The first-order valence-electron chi connectivity index (χ1n) is 12.7. The SMILES string of the molecule is CCC(C)(C)OC(=O)COCC1(F)CCN(c2cncc(N(c3cccc(F)c3)c3ccccn3)n2)CC1. The number of benzene rings is 1. The molecule has 0 spiro atoms. The topological polar surface area (TPSA) is 80.7 Å². The summed E-state index contributed by atoms with van der Waals surface area (Å²) in [6, 6.07) is 11.6. The Bertz CT molecular complexity index is 1220. The van der Waals surface area contributed by atoms with Gasteiger partial charge in [0.25, 0.3) is 0 Å². The number of piperidine rings is 1. The zero-order valence-electron chi connectivity index (χ0n) is 21.9. The highest BCUT2D eigenvalue weighted by Crippen LogP contribution is 2.34. The zero-order chi connectivity index (χ0) is 27.2. The number of aromatic nitrogens is 3. The molecule has 38 heavy (non-hydrogen) atoms. The summed E-state index contributed by atoms with van der Waals surface area (Å²) >= 11 is 0. The van der Waals surface area contributed by atoms with Crippen molar-refractivity contribution in [2.45, 2.75) is 51.3 Å². The van der Waals surface area contributed by atoms with Gasteiger partial charge in [-0.25, -0.2) is 23.5 Å². The number of hydrogen-bond acceptors (Lipinski definition) is 8. The van der Waals surface area contributed by atoms with Gasteiger partial charge in [0.2, 0.25) is 0 Å². The number of rotatable bonds is 10. The fourth-order valence-electron chi connectivity index (χ4n) is 4.10. The van der Waals surface area contributed by atoms with Crippen LogP contribution in [0.5, 0.6) is 0 Å². The molecule has 1 aromatic carbocycles. The van der Waals surface area contributed by atoms with E-state index in [1.54, 1.807) is 47.8 Å². The van der Waals surface area contributed by atoms with Crippen molar-refractivity contribution < 1.29 is 23.0 Å². The molecule has 1 fully saturated rings. The molecule has 4 rings (SSSR count). The maximum Gasteiger partial charge on any atom is 0.332 e. The second-order valence-corrected chi connectivity index (χ2v) is 9.96. The van der Waals surface area contributed by atoms with Crippen LogP contribution >= 0.6 is 0 Å². The summed E-state index contributed by atoms with van der Waals surface area (Å²) in [6.07, 6.45) is 5.95. The van der Waals surface area contributed by atoms with E-state index in [1.807, 2.05) is 31.7 Å². The summed E-state index contributed by atoms with van der Waals surface area (Å²) in [7, 11) is 0. The molecule has 0 saturated carbocycles. The van der Waals surface area contributed by atoms with E-state index in [2.05, 4.69) is 9.97 Å². The summed E-state index contributed by atoms with van der Waals surface area (Å²) in [4.78, 5) is 29.2. The quantitative estimate of drug-likeness (QED) is 0.319. The van der Waals surface area contributed by atoms with Gasteiger partial charge < -0.3 is 14.4 Å². The molecule has 0 radical (unpaired) electrons. The van der Waals surface area contributed by atoms with Crippen LogP contribution in [-0.4, -0.2) is 58.5 Å². The summed E-state index contributed by atoms with van der Waals surface area (Å²) in [5.41, 5.74) is -1.58. The van der Waals surface area contributed by atoms with Crippen LogP contribution in [0.4, 0.5) is 31.9 Å². The van der Waals surface area contributed by atoms with Crippen molar-refractivity contribution in [3.8, 4) is 0 Å². The molecule has 1 aliphatic heterocycles. The zero-order valence-corrected chi connectivity index (χ0v) is 21.9. The average Bonchev–Trinajstić information content (AvgIpc) is 2.90. The normalized spacial score (nSPS) is 15.2. The lowest BCUT2D eigenvalue weighted by atomic mass is 9.94. The summed E-state index contributed by atoms with van der Waals surface area (Å²) in [5, 5.41) is 0. The standard InChI is InChI=1S/C28H33F2N5O3/c1-4-27(2,3)38-26(36)19-37-20-28(30)11-14-34(15-12-28)24-17-31-18-25(33-24)35(23-10-5-6-13-32-23)22-9-7-8-21(29)16-22/h5-10,13,16-18H,4,11-12,14-15,19-20H2,1-3H3. The molecule has 0 atom stereocenters. The molecule has 2 aromatic heterocycles. The van der Waals surface area contributed by atoms with E-state index >= 15 is 4.39 Å². The van der Waals surface area contributed by atoms with Crippen molar-refractivity contribution in [1.82, 2.24) is 15.0 Å². The van der Waals surface area contributed by atoms with Crippen LogP contribution in [0.15, 0.2) is 61.1 Å². The molecule has 8 nitrogen and oxygen atoms in total. The molecule has 0 N–H and O–H groups in total. The van der Waals surface area contributed by atoms with Crippen LogP contribution in [0.1, 0.15) is 40.0 Å². The first-order chi connectivity index (χ1) is 18.2. The third-order valence-electron chi connectivity index (χ3n) is 6.59. The molecule has 0 amide bonds. The highest BCUT2D eigenvalue weighted by Gasteiger charge is 2.36. The second-order valence-electron chi connectivity index (χ2n) is 9.96.